The first-order valence-electron chi connectivity index (χ1n) is 10.7. The van der Waals surface area contributed by atoms with Crippen LogP contribution in [-0.2, 0) is 31.0 Å². The Labute approximate surface area is 221 Å². The molecular formula is C23H19ClF3N3O6S2. The Morgan fingerprint density at radius 2 is 1.63 bits per heavy atom. The average molecular weight is 590 g/mol. The van der Waals surface area contributed by atoms with E-state index in [0.29, 0.717) is 11.8 Å². The first-order valence-corrected chi connectivity index (χ1v) is 14.4. The second-order valence-corrected chi connectivity index (χ2v) is 12.2. The van der Waals surface area contributed by atoms with Crippen LogP contribution in [0.25, 0.3) is 0 Å². The largest absolute Gasteiger partial charge is 0.476 e. The minimum absolute atomic E-state index is 0.174. The van der Waals surface area contributed by atoms with Gasteiger partial charge in [-0.3, -0.25) is 13.8 Å². The minimum Gasteiger partial charge on any atom is -0.476 e. The SMILES string of the molecule is CS(=O)(=O)N1C[C@@H](C(=O)Nc2ccc(S(=O)(=O)Nc3ccc(Cl)c(C(F)(F)F)c3)cc2)Oc2ccccc21. The third-order valence-electron chi connectivity index (χ3n) is 5.38. The number of anilines is 3. The molecule has 0 fully saturated rings. The van der Waals surface area contributed by atoms with E-state index in [4.69, 9.17) is 16.3 Å². The minimum atomic E-state index is -4.78. The monoisotopic (exact) mass is 589 g/mol. The number of hydrogen-bond donors (Lipinski definition) is 2. The number of nitrogens with one attached hydrogen (secondary N) is 2. The molecule has 1 atom stereocenters. The smallest absolute Gasteiger partial charge is 0.417 e. The van der Waals surface area contributed by atoms with Gasteiger partial charge in [0.25, 0.3) is 15.9 Å². The molecule has 0 aromatic heterocycles. The topological polar surface area (TPSA) is 122 Å². The molecule has 1 amide bonds. The standard InChI is InChI=1S/C23H19ClF3N3O6S2/c1-37(32,33)30-13-21(36-20-5-3-2-4-19(20)30)22(31)28-14-6-9-16(10-7-14)38(34,35)29-15-8-11-18(24)17(12-15)23(25,26)27/h2-12,21,29H,13H2,1H3,(H,28,31)/t21-/m0/s1. The van der Waals surface area contributed by atoms with E-state index in [0.717, 1.165) is 34.8 Å². The summed E-state index contributed by atoms with van der Waals surface area (Å²) in [5.41, 5.74) is -1.07. The van der Waals surface area contributed by atoms with E-state index in [9.17, 15) is 34.8 Å². The number of hydrogen-bond acceptors (Lipinski definition) is 6. The normalized spacial score (nSPS) is 15.8. The fourth-order valence-corrected chi connectivity index (χ4v) is 5.80. The van der Waals surface area contributed by atoms with Crippen molar-refractivity contribution in [1.29, 1.82) is 0 Å². The number of sulfonamides is 2. The average Bonchev–Trinajstić information content (AvgIpc) is 2.83. The zero-order chi connectivity index (χ0) is 27.9. The van der Waals surface area contributed by atoms with Crippen LogP contribution in [0.1, 0.15) is 5.56 Å². The molecule has 15 heteroatoms. The van der Waals surface area contributed by atoms with Gasteiger partial charge in [-0.2, -0.15) is 13.2 Å². The van der Waals surface area contributed by atoms with Gasteiger partial charge in [0.15, 0.2) is 6.10 Å². The number of benzene rings is 3. The van der Waals surface area contributed by atoms with Crippen LogP contribution in [0.5, 0.6) is 5.75 Å². The van der Waals surface area contributed by atoms with Crippen LogP contribution in [0.3, 0.4) is 0 Å². The highest BCUT2D eigenvalue weighted by atomic mass is 35.5. The van der Waals surface area contributed by atoms with Gasteiger partial charge in [0.2, 0.25) is 10.0 Å². The van der Waals surface area contributed by atoms with Gasteiger partial charge >= 0.3 is 6.18 Å². The maximum Gasteiger partial charge on any atom is 0.417 e. The molecule has 1 heterocycles. The molecular weight excluding hydrogens is 571 g/mol. The summed E-state index contributed by atoms with van der Waals surface area (Å²) in [5.74, 6) is -0.476. The summed E-state index contributed by atoms with van der Waals surface area (Å²) in [7, 11) is -7.99. The van der Waals surface area contributed by atoms with Crippen molar-refractivity contribution in [1.82, 2.24) is 0 Å². The van der Waals surface area contributed by atoms with E-state index < -0.39 is 48.8 Å². The summed E-state index contributed by atoms with van der Waals surface area (Å²) < 4.78 is 97.9. The number of halogens is 4. The van der Waals surface area contributed by atoms with Crippen LogP contribution in [0.15, 0.2) is 71.6 Å². The van der Waals surface area contributed by atoms with Gasteiger partial charge in [0.1, 0.15) is 5.75 Å². The lowest BCUT2D eigenvalue weighted by Crippen LogP contribution is -2.48. The molecule has 0 spiro atoms. The van der Waals surface area contributed by atoms with Gasteiger partial charge in [0, 0.05) is 11.4 Å². The van der Waals surface area contributed by atoms with Gasteiger partial charge < -0.3 is 10.1 Å². The summed E-state index contributed by atoms with van der Waals surface area (Å²) in [6, 6.07) is 13.7. The second-order valence-electron chi connectivity index (χ2n) is 8.18. The van der Waals surface area contributed by atoms with Crippen molar-refractivity contribution in [3.05, 3.63) is 77.3 Å². The summed E-state index contributed by atoms with van der Waals surface area (Å²) >= 11 is 5.57. The zero-order valence-corrected chi connectivity index (χ0v) is 21.7. The van der Waals surface area contributed by atoms with Gasteiger partial charge in [-0.05, 0) is 54.6 Å². The van der Waals surface area contributed by atoms with E-state index in [1.165, 1.54) is 18.2 Å². The van der Waals surface area contributed by atoms with Crippen molar-refractivity contribution < 1.29 is 39.5 Å². The highest BCUT2D eigenvalue weighted by Gasteiger charge is 2.35. The molecule has 3 aromatic carbocycles. The van der Waals surface area contributed by atoms with E-state index in [2.05, 4.69) is 10.0 Å². The van der Waals surface area contributed by atoms with E-state index in [-0.39, 0.29) is 28.6 Å². The number of carbonyl (C=O) groups excluding carboxylic acids is 1. The lowest BCUT2D eigenvalue weighted by molar-refractivity contribution is -0.137. The molecule has 9 nitrogen and oxygen atoms in total. The van der Waals surface area contributed by atoms with Crippen molar-refractivity contribution in [2.24, 2.45) is 0 Å². The zero-order valence-electron chi connectivity index (χ0n) is 19.4. The quantitative estimate of drug-likeness (QED) is 0.441. The first kappa shape index (κ1) is 27.5. The molecule has 0 saturated carbocycles. The van der Waals surface area contributed by atoms with E-state index in [1.807, 2.05) is 0 Å². The highest BCUT2D eigenvalue weighted by molar-refractivity contribution is 7.92. The number of fused-ring (bicyclic) bond motifs is 1. The molecule has 3 aromatic rings. The van der Waals surface area contributed by atoms with Crippen molar-refractivity contribution in [3.8, 4) is 5.75 Å². The van der Waals surface area contributed by atoms with Crippen LogP contribution >= 0.6 is 11.6 Å². The number of carbonyl (C=O) groups is 1. The predicted octanol–water partition coefficient (Wildman–Crippen LogP) is 4.33. The van der Waals surface area contributed by atoms with Gasteiger partial charge in [-0.1, -0.05) is 23.7 Å². The molecule has 0 aliphatic carbocycles. The Hall–Kier alpha value is -3.49. The van der Waals surface area contributed by atoms with Crippen LogP contribution in [0.2, 0.25) is 5.02 Å². The van der Waals surface area contributed by atoms with Crippen molar-refractivity contribution in [3.63, 3.8) is 0 Å². The highest BCUT2D eigenvalue weighted by Crippen LogP contribution is 2.37. The molecule has 0 unspecified atom stereocenters. The molecule has 0 bridgehead atoms. The Kier molecular flexibility index (Phi) is 7.25. The maximum atomic E-state index is 13.1. The van der Waals surface area contributed by atoms with Crippen LogP contribution < -0.4 is 19.1 Å². The Morgan fingerprint density at radius 3 is 2.26 bits per heavy atom. The molecule has 1 aliphatic heterocycles. The van der Waals surface area contributed by atoms with Crippen LogP contribution in [0.4, 0.5) is 30.2 Å². The third kappa shape index (κ3) is 5.97. The lowest BCUT2D eigenvalue weighted by Gasteiger charge is -2.33. The van der Waals surface area contributed by atoms with Crippen molar-refractivity contribution in [2.45, 2.75) is 17.2 Å². The van der Waals surface area contributed by atoms with Crippen molar-refractivity contribution in [2.75, 3.05) is 27.1 Å². The number of nitrogens with zero attached hydrogens (tertiary/aromatic N) is 1. The number of ether oxygens (including phenoxy) is 1. The van der Waals surface area contributed by atoms with Crippen molar-refractivity contribution >= 4 is 54.6 Å². The number of alkyl halides is 3. The third-order valence-corrected chi connectivity index (χ3v) is 8.26. The fraction of sp³-hybridized carbons (Fsp3) is 0.174. The molecule has 202 valence electrons. The van der Waals surface area contributed by atoms with Crippen LogP contribution in [-0.4, -0.2) is 41.6 Å². The first-order chi connectivity index (χ1) is 17.6. The Morgan fingerprint density at radius 1 is 1.00 bits per heavy atom. The molecule has 38 heavy (non-hydrogen) atoms. The summed E-state index contributed by atoms with van der Waals surface area (Å²) in [6.45, 7) is -0.279. The molecule has 2 N–H and O–H groups in total. The fourth-order valence-electron chi connectivity index (χ4n) is 3.61. The molecule has 4 rings (SSSR count). The summed E-state index contributed by atoms with van der Waals surface area (Å²) in [6.07, 6.45) is -4.97. The van der Waals surface area contributed by atoms with Gasteiger partial charge in [-0.15, -0.1) is 0 Å². The summed E-state index contributed by atoms with van der Waals surface area (Å²) in [4.78, 5) is 12.5. The lowest BCUT2D eigenvalue weighted by atomic mass is 10.2. The summed E-state index contributed by atoms with van der Waals surface area (Å²) in [5, 5.41) is 1.95. The second kappa shape index (κ2) is 10.0. The number of para-hydroxylation sites is 2. The van der Waals surface area contributed by atoms with Gasteiger partial charge in [-0.25, -0.2) is 16.8 Å². The Bertz CT molecular complexity index is 1600. The molecule has 1 aliphatic rings. The molecule has 0 saturated heterocycles. The van der Waals surface area contributed by atoms with Crippen LogP contribution in [0, 0.1) is 0 Å². The number of amides is 1. The maximum absolute atomic E-state index is 13.1. The molecule has 0 radical (unpaired) electrons. The Balaban J connectivity index is 1.48. The predicted molar refractivity (Wildman–Crippen MR) is 135 cm³/mol. The van der Waals surface area contributed by atoms with Gasteiger partial charge in [0.05, 0.1) is 34.0 Å². The van der Waals surface area contributed by atoms with E-state index >= 15 is 0 Å². The number of rotatable bonds is 6. The van der Waals surface area contributed by atoms with E-state index in [1.54, 1.807) is 18.2 Å².